The lowest BCUT2D eigenvalue weighted by Gasteiger charge is -2.36. The predicted octanol–water partition coefficient (Wildman–Crippen LogP) is 1.40. The van der Waals surface area contributed by atoms with Crippen molar-refractivity contribution in [2.45, 2.75) is 6.92 Å². The van der Waals surface area contributed by atoms with Gasteiger partial charge in [0.1, 0.15) is 0 Å². The molecular weight excluding hydrogens is 340 g/mol. The van der Waals surface area contributed by atoms with Gasteiger partial charge in [0.2, 0.25) is 5.95 Å². The van der Waals surface area contributed by atoms with Gasteiger partial charge in [-0.3, -0.25) is 4.79 Å². The number of hydrogen-bond acceptors (Lipinski definition) is 6. The minimum absolute atomic E-state index is 0.132. The Kier molecular flexibility index (Phi) is 6.24. The highest BCUT2D eigenvalue weighted by molar-refractivity contribution is 5.93. The minimum atomic E-state index is -0.132. The third-order valence-corrected chi connectivity index (χ3v) is 4.67. The number of hydrogen-bond donors (Lipinski definition) is 1. The Morgan fingerprint density at radius 1 is 1.11 bits per heavy atom. The summed E-state index contributed by atoms with van der Waals surface area (Å²) in [4.78, 5) is 27.5. The van der Waals surface area contributed by atoms with Gasteiger partial charge in [-0.1, -0.05) is 12.1 Å². The number of carbonyl (C=O) groups excluding carboxylic acids is 1. The molecule has 1 saturated heterocycles. The average Bonchev–Trinajstić information content (AvgIpc) is 2.68. The van der Waals surface area contributed by atoms with Crippen LogP contribution >= 0.6 is 0 Å². The van der Waals surface area contributed by atoms with Crippen molar-refractivity contribution >= 4 is 17.5 Å². The van der Waals surface area contributed by atoms with Crippen molar-refractivity contribution in [1.29, 1.82) is 0 Å². The number of carbonyl (C=O) groups is 1. The molecule has 3 rings (SSSR count). The van der Waals surface area contributed by atoms with E-state index in [1.54, 1.807) is 12.4 Å². The summed E-state index contributed by atoms with van der Waals surface area (Å²) in [5, 5.41) is 2.88. The van der Waals surface area contributed by atoms with Gasteiger partial charge in [-0.25, -0.2) is 9.97 Å². The Morgan fingerprint density at radius 3 is 2.41 bits per heavy atom. The maximum absolute atomic E-state index is 12.1. The monoisotopic (exact) mass is 368 g/mol. The number of benzene rings is 1. The normalized spacial score (nSPS) is 14.5. The zero-order chi connectivity index (χ0) is 19.2. The summed E-state index contributed by atoms with van der Waals surface area (Å²) in [7, 11) is 3.95. The fraction of sp³-hybridized carbons (Fsp3) is 0.450. The van der Waals surface area contributed by atoms with E-state index in [0.29, 0.717) is 18.1 Å². The number of anilines is 2. The van der Waals surface area contributed by atoms with Crippen LogP contribution < -0.4 is 15.1 Å². The van der Waals surface area contributed by atoms with Gasteiger partial charge in [0.05, 0.1) is 5.56 Å². The molecule has 1 aliphatic heterocycles. The summed E-state index contributed by atoms with van der Waals surface area (Å²) in [6.07, 6.45) is 3.22. The molecule has 1 aliphatic rings. The fourth-order valence-electron chi connectivity index (χ4n) is 3.09. The molecule has 0 radical (unpaired) electrons. The van der Waals surface area contributed by atoms with Crippen LogP contribution in [0.4, 0.5) is 11.6 Å². The Labute approximate surface area is 161 Å². The van der Waals surface area contributed by atoms with Gasteiger partial charge >= 0.3 is 0 Å². The topological polar surface area (TPSA) is 64.6 Å². The summed E-state index contributed by atoms with van der Waals surface area (Å²) < 4.78 is 0. The molecule has 1 amide bonds. The van der Waals surface area contributed by atoms with Crippen LogP contribution in [0.25, 0.3) is 0 Å². The Hall–Kier alpha value is -2.67. The van der Waals surface area contributed by atoms with Crippen molar-refractivity contribution in [3.05, 3.63) is 47.8 Å². The maximum Gasteiger partial charge on any atom is 0.254 e. The van der Waals surface area contributed by atoms with Crippen LogP contribution in [0.15, 0.2) is 36.7 Å². The van der Waals surface area contributed by atoms with Gasteiger partial charge in [-0.2, -0.15) is 0 Å². The van der Waals surface area contributed by atoms with Crippen LogP contribution in [0.5, 0.6) is 0 Å². The van der Waals surface area contributed by atoms with Crippen molar-refractivity contribution in [3.8, 4) is 0 Å². The van der Waals surface area contributed by atoms with Crippen LogP contribution in [0.1, 0.15) is 15.9 Å². The molecule has 0 aliphatic carbocycles. The molecule has 1 aromatic carbocycles. The molecule has 27 heavy (non-hydrogen) atoms. The highest BCUT2D eigenvalue weighted by Gasteiger charge is 2.19. The van der Waals surface area contributed by atoms with Gasteiger partial charge < -0.3 is 20.0 Å². The second kappa shape index (κ2) is 8.81. The van der Waals surface area contributed by atoms with E-state index in [1.807, 2.05) is 19.0 Å². The Bertz CT molecular complexity index is 753. The number of likely N-dealkylation sites (N-methyl/N-ethyl adjacent to an activating group) is 1. The number of aromatic nitrogens is 2. The summed E-state index contributed by atoms with van der Waals surface area (Å²) >= 11 is 0. The number of piperazine rings is 1. The number of amides is 1. The van der Waals surface area contributed by atoms with Gasteiger partial charge in [-0.15, -0.1) is 0 Å². The van der Waals surface area contributed by atoms with Crippen molar-refractivity contribution < 1.29 is 4.79 Å². The zero-order valence-corrected chi connectivity index (χ0v) is 16.4. The first-order valence-corrected chi connectivity index (χ1v) is 9.34. The molecule has 0 spiro atoms. The van der Waals surface area contributed by atoms with Crippen LogP contribution in [-0.4, -0.2) is 74.1 Å². The number of nitrogens with zero attached hydrogens (tertiary/aromatic N) is 5. The zero-order valence-electron chi connectivity index (χ0n) is 16.4. The van der Waals surface area contributed by atoms with E-state index in [2.05, 4.69) is 56.3 Å². The second-order valence-electron chi connectivity index (χ2n) is 7.14. The van der Waals surface area contributed by atoms with Crippen LogP contribution in [0.3, 0.4) is 0 Å². The predicted molar refractivity (Wildman–Crippen MR) is 109 cm³/mol. The standard InChI is InChI=1S/C20H28N6O/c1-16-5-4-6-18(13-16)25-9-11-26(12-10-25)20-22-14-17(15-23-20)19(27)21-7-8-24(2)3/h4-6,13-15H,7-12H2,1-3H3,(H,21,27). The molecule has 2 aromatic rings. The Balaban J connectivity index is 1.53. The quantitative estimate of drug-likeness (QED) is 0.832. The van der Waals surface area contributed by atoms with E-state index in [0.717, 1.165) is 32.7 Å². The first-order valence-electron chi connectivity index (χ1n) is 9.34. The third kappa shape index (κ3) is 5.17. The lowest BCUT2D eigenvalue weighted by atomic mass is 10.2. The van der Waals surface area contributed by atoms with Crippen LogP contribution in [0.2, 0.25) is 0 Å². The van der Waals surface area contributed by atoms with Gasteiger partial charge in [-0.05, 0) is 38.7 Å². The number of nitrogens with one attached hydrogen (secondary N) is 1. The highest BCUT2D eigenvalue weighted by atomic mass is 16.1. The highest BCUT2D eigenvalue weighted by Crippen LogP contribution is 2.19. The smallest absolute Gasteiger partial charge is 0.254 e. The lowest BCUT2D eigenvalue weighted by Crippen LogP contribution is -2.47. The molecule has 0 unspecified atom stereocenters. The average molecular weight is 368 g/mol. The van der Waals surface area contributed by atoms with Gasteiger partial charge in [0.25, 0.3) is 5.91 Å². The van der Waals surface area contributed by atoms with Crippen molar-refractivity contribution in [1.82, 2.24) is 20.2 Å². The summed E-state index contributed by atoms with van der Waals surface area (Å²) in [6, 6.07) is 8.59. The summed E-state index contributed by atoms with van der Waals surface area (Å²) in [5.74, 6) is 0.552. The molecule has 0 bridgehead atoms. The van der Waals surface area contributed by atoms with Gasteiger partial charge in [0.15, 0.2) is 0 Å². The molecular formula is C20H28N6O. The molecule has 1 aromatic heterocycles. The van der Waals surface area contributed by atoms with Crippen molar-refractivity contribution in [3.63, 3.8) is 0 Å². The molecule has 2 heterocycles. The first-order chi connectivity index (χ1) is 13.0. The molecule has 144 valence electrons. The van der Waals surface area contributed by atoms with Crippen LogP contribution in [-0.2, 0) is 0 Å². The number of rotatable bonds is 6. The van der Waals surface area contributed by atoms with Crippen LogP contribution in [0, 0.1) is 6.92 Å². The molecule has 1 fully saturated rings. The SMILES string of the molecule is Cc1cccc(N2CCN(c3ncc(C(=O)NCCN(C)C)cn3)CC2)c1. The van der Waals surface area contributed by atoms with Crippen molar-refractivity contribution in [2.24, 2.45) is 0 Å². The molecule has 0 saturated carbocycles. The summed E-state index contributed by atoms with van der Waals surface area (Å²) in [6.45, 7) is 7.11. The fourth-order valence-corrected chi connectivity index (χ4v) is 3.09. The first kappa shape index (κ1) is 19.1. The van der Waals surface area contributed by atoms with E-state index >= 15 is 0 Å². The molecule has 7 heteroatoms. The van der Waals surface area contributed by atoms with E-state index in [4.69, 9.17) is 0 Å². The lowest BCUT2D eigenvalue weighted by molar-refractivity contribution is 0.0950. The number of aryl methyl sites for hydroxylation is 1. The Morgan fingerprint density at radius 2 is 1.78 bits per heavy atom. The van der Waals surface area contributed by atoms with Gasteiger partial charge in [0, 0.05) is 57.3 Å². The van der Waals surface area contributed by atoms with E-state index in [9.17, 15) is 4.79 Å². The van der Waals surface area contributed by atoms with Crippen molar-refractivity contribution in [2.75, 3.05) is 63.2 Å². The maximum atomic E-state index is 12.1. The minimum Gasteiger partial charge on any atom is -0.368 e. The summed E-state index contributed by atoms with van der Waals surface area (Å²) in [5.41, 5.74) is 3.04. The molecule has 1 N–H and O–H groups in total. The molecule has 7 nitrogen and oxygen atoms in total. The van der Waals surface area contributed by atoms with E-state index in [-0.39, 0.29) is 5.91 Å². The molecule has 0 atom stereocenters. The van der Waals surface area contributed by atoms with E-state index in [1.165, 1.54) is 11.3 Å². The largest absolute Gasteiger partial charge is 0.368 e. The van der Waals surface area contributed by atoms with E-state index < -0.39 is 0 Å². The second-order valence-corrected chi connectivity index (χ2v) is 7.14. The third-order valence-electron chi connectivity index (χ3n) is 4.67.